The lowest BCUT2D eigenvalue weighted by molar-refractivity contribution is -0.137. The highest BCUT2D eigenvalue weighted by Crippen LogP contribution is 2.13. The van der Waals surface area contributed by atoms with Crippen LogP contribution in [0.3, 0.4) is 0 Å². The summed E-state index contributed by atoms with van der Waals surface area (Å²) in [6.07, 6.45) is 0.0940. The van der Waals surface area contributed by atoms with Gasteiger partial charge in [0.05, 0.1) is 12.2 Å². The summed E-state index contributed by atoms with van der Waals surface area (Å²) >= 11 is 0. The molecule has 6 nitrogen and oxygen atoms in total. The first kappa shape index (κ1) is 15.9. The van der Waals surface area contributed by atoms with E-state index < -0.39 is 16.0 Å². The molecule has 21 heavy (non-hydrogen) atoms. The third-order valence-electron chi connectivity index (χ3n) is 3.56. The number of aliphatic carboxylic acids is 1. The quantitative estimate of drug-likeness (QED) is 0.832. The van der Waals surface area contributed by atoms with Gasteiger partial charge in [-0.3, -0.25) is 4.79 Å². The molecule has 0 radical (unpaired) electrons. The van der Waals surface area contributed by atoms with Crippen LogP contribution in [-0.4, -0.2) is 61.4 Å². The molecule has 0 amide bonds. The van der Waals surface area contributed by atoms with Gasteiger partial charge in [0, 0.05) is 32.7 Å². The number of carbonyl (C=O) groups is 1. The second-order valence-corrected chi connectivity index (χ2v) is 7.10. The average molecular weight is 312 g/mol. The highest BCUT2D eigenvalue weighted by Gasteiger charge is 2.26. The van der Waals surface area contributed by atoms with E-state index in [0.29, 0.717) is 32.7 Å². The summed E-state index contributed by atoms with van der Waals surface area (Å²) < 4.78 is 26.2. The molecule has 7 heteroatoms. The number of piperazine rings is 1. The third-order valence-corrected chi connectivity index (χ3v) is 5.41. The molecule has 1 aliphatic heterocycles. The van der Waals surface area contributed by atoms with Crippen LogP contribution >= 0.6 is 0 Å². The maximum Gasteiger partial charge on any atom is 0.304 e. The van der Waals surface area contributed by atoms with E-state index in [1.165, 1.54) is 4.31 Å². The zero-order valence-electron chi connectivity index (χ0n) is 11.8. The van der Waals surface area contributed by atoms with Gasteiger partial charge in [-0.1, -0.05) is 30.3 Å². The molecule has 0 aromatic heterocycles. The monoisotopic (exact) mass is 312 g/mol. The predicted molar refractivity (Wildman–Crippen MR) is 79.3 cm³/mol. The van der Waals surface area contributed by atoms with Crippen molar-refractivity contribution in [1.29, 1.82) is 0 Å². The Kier molecular flexibility index (Phi) is 5.33. The highest BCUT2D eigenvalue weighted by atomic mass is 32.2. The third kappa shape index (κ3) is 4.80. The van der Waals surface area contributed by atoms with Crippen molar-refractivity contribution in [2.24, 2.45) is 0 Å². The Morgan fingerprint density at radius 1 is 1.10 bits per heavy atom. The standard InChI is InChI=1S/C14H20N2O4S/c17-14(18)6-7-15-8-10-16(11-9-15)21(19,20)12-13-4-2-1-3-5-13/h1-5H,6-12H2,(H,17,18). The zero-order valence-corrected chi connectivity index (χ0v) is 12.6. The number of rotatable bonds is 6. The fourth-order valence-corrected chi connectivity index (χ4v) is 3.88. The van der Waals surface area contributed by atoms with Crippen LogP contribution in [-0.2, 0) is 20.6 Å². The summed E-state index contributed by atoms with van der Waals surface area (Å²) in [5.41, 5.74) is 0.783. The lowest BCUT2D eigenvalue weighted by Crippen LogP contribution is -2.49. The van der Waals surface area contributed by atoms with E-state index in [1.54, 1.807) is 12.1 Å². The average Bonchev–Trinajstić information content (AvgIpc) is 2.46. The van der Waals surface area contributed by atoms with Crippen molar-refractivity contribution in [2.75, 3.05) is 32.7 Å². The molecule has 0 spiro atoms. The van der Waals surface area contributed by atoms with Gasteiger partial charge in [-0.25, -0.2) is 8.42 Å². The highest BCUT2D eigenvalue weighted by molar-refractivity contribution is 7.88. The van der Waals surface area contributed by atoms with Gasteiger partial charge in [-0.2, -0.15) is 4.31 Å². The summed E-state index contributed by atoms with van der Waals surface area (Å²) in [6.45, 7) is 2.49. The van der Waals surface area contributed by atoms with Crippen molar-refractivity contribution in [1.82, 2.24) is 9.21 Å². The van der Waals surface area contributed by atoms with Gasteiger partial charge < -0.3 is 10.0 Å². The van der Waals surface area contributed by atoms with Gasteiger partial charge in [0.25, 0.3) is 0 Å². The number of nitrogens with zero attached hydrogens (tertiary/aromatic N) is 2. The topological polar surface area (TPSA) is 77.9 Å². The minimum absolute atomic E-state index is 0.0168. The Morgan fingerprint density at radius 3 is 2.29 bits per heavy atom. The summed E-state index contributed by atoms with van der Waals surface area (Å²) in [7, 11) is -3.30. The van der Waals surface area contributed by atoms with Crippen LogP contribution in [0.5, 0.6) is 0 Å². The molecule has 1 fully saturated rings. The van der Waals surface area contributed by atoms with Crippen LogP contribution in [0.15, 0.2) is 30.3 Å². The van der Waals surface area contributed by atoms with E-state index in [4.69, 9.17) is 5.11 Å². The number of sulfonamides is 1. The second-order valence-electron chi connectivity index (χ2n) is 5.13. The molecule has 116 valence electrons. The van der Waals surface area contributed by atoms with Gasteiger partial charge in [0.1, 0.15) is 0 Å². The fourth-order valence-electron chi connectivity index (χ4n) is 2.36. The Bertz CT molecular complexity index is 566. The van der Waals surface area contributed by atoms with Gasteiger partial charge in [-0.05, 0) is 5.56 Å². The van der Waals surface area contributed by atoms with Crippen molar-refractivity contribution < 1.29 is 18.3 Å². The molecule has 0 unspecified atom stereocenters. The second kappa shape index (κ2) is 7.02. The number of hydrogen-bond acceptors (Lipinski definition) is 4. The maximum atomic E-state index is 12.3. The Hall–Kier alpha value is -1.44. The Labute approximate surface area is 125 Å². The van der Waals surface area contributed by atoms with E-state index in [9.17, 15) is 13.2 Å². The zero-order chi connectivity index (χ0) is 15.3. The molecule has 1 aromatic carbocycles. The van der Waals surface area contributed by atoms with E-state index in [-0.39, 0.29) is 12.2 Å². The van der Waals surface area contributed by atoms with Crippen LogP contribution in [0.1, 0.15) is 12.0 Å². The number of hydrogen-bond donors (Lipinski definition) is 1. The molecule has 0 bridgehead atoms. The summed E-state index contributed by atoms with van der Waals surface area (Å²) in [5.74, 6) is -0.808. The molecular formula is C14H20N2O4S. The normalized spacial score (nSPS) is 17.7. The molecule has 0 aliphatic carbocycles. The van der Waals surface area contributed by atoms with Gasteiger partial charge in [-0.15, -0.1) is 0 Å². The summed E-state index contributed by atoms with van der Waals surface area (Å²) in [5, 5.41) is 8.66. The van der Waals surface area contributed by atoms with E-state index in [1.807, 2.05) is 23.1 Å². The predicted octanol–water partition coefficient (Wildman–Crippen LogP) is 0.609. The van der Waals surface area contributed by atoms with Crippen LogP contribution in [0, 0.1) is 0 Å². The number of carboxylic acids is 1. The van der Waals surface area contributed by atoms with Crippen molar-refractivity contribution in [3.8, 4) is 0 Å². The fraction of sp³-hybridized carbons (Fsp3) is 0.500. The van der Waals surface area contributed by atoms with Crippen LogP contribution in [0.4, 0.5) is 0 Å². The molecule has 1 aromatic rings. The van der Waals surface area contributed by atoms with Crippen molar-refractivity contribution in [3.63, 3.8) is 0 Å². The Balaban J connectivity index is 1.87. The van der Waals surface area contributed by atoms with Crippen LogP contribution in [0.2, 0.25) is 0 Å². The minimum atomic E-state index is -3.30. The first-order valence-corrected chi connectivity index (χ1v) is 8.54. The molecule has 2 rings (SSSR count). The van der Waals surface area contributed by atoms with Gasteiger partial charge in [0.2, 0.25) is 10.0 Å². The number of benzene rings is 1. The molecule has 1 aliphatic rings. The SMILES string of the molecule is O=C(O)CCN1CCN(S(=O)(=O)Cc2ccccc2)CC1. The first-order chi connectivity index (χ1) is 9.97. The van der Waals surface area contributed by atoms with Crippen molar-refractivity contribution >= 4 is 16.0 Å². The van der Waals surface area contributed by atoms with Gasteiger partial charge >= 0.3 is 5.97 Å². The van der Waals surface area contributed by atoms with E-state index in [2.05, 4.69) is 0 Å². The lowest BCUT2D eigenvalue weighted by atomic mass is 10.2. The lowest BCUT2D eigenvalue weighted by Gasteiger charge is -2.33. The van der Waals surface area contributed by atoms with Gasteiger partial charge in [0.15, 0.2) is 0 Å². The van der Waals surface area contributed by atoms with Crippen LogP contribution < -0.4 is 0 Å². The minimum Gasteiger partial charge on any atom is -0.481 e. The summed E-state index contributed by atoms with van der Waals surface area (Å²) in [6, 6.07) is 9.13. The van der Waals surface area contributed by atoms with E-state index >= 15 is 0 Å². The molecule has 1 saturated heterocycles. The smallest absolute Gasteiger partial charge is 0.304 e. The molecular weight excluding hydrogens is 292 g/mol. The first-order valence-electron chi connectivity index (χ1n) is 6.93. The van der Waals surface area contributed by atoms with E-state index in [0.717, 1.165) is 5.56 Å². The van der Waals surface area contributed by atoms with Crippen molar-refractivity contribution in [2.45, 2.75) is 12.2 Å². The summed E-state index contributed by atoms with van der Waals surface area (Å²) in [4.78, 5) is 12.5. The largest absolute Gasteiger partial charge is 0.481 e. The molecule has 1 N–H and O–H groups in total. The molecule has 0 saturated carbocycles. The van der Waals surface area contributed by atoms with Crippen molar-refractivity contribution in [3.05, 3.63) is 35.9 Å². The van der Waals surface area contributed by atoms with Crippen LogP contribution in [0.25, 0.3) is 0 Å². The molecule has 1 heterocycles. The Morgan fingerprint density at radius 2 is 1.71 bits per heavy atom. The maximum absolute atomic E-state index is 12.3. The molecule has 0 atom stereocenters. The number of carboxylic acid groups (broad SMARTS) is 1.